The summed E-state index contributed by atoms with van der Waals surface area (Å²) < 4.78 is 49.7. The first-order valence-electron chi connectivity index (χ1n) is 6.92. The number of nitrogens with one attached hydrogen (secondary N) is 2. The van der Waals surface area contributed by atoms with Crippen molar-refractivity contribution in [3.8, 4) is 0 Å². The van der Waals surface area contributed by atoms with Crippen molar-refractivity contribution in [2.45, 2.75) is 29.1 Å². The summed E-state index contributed by atoms with van der Waals surface area (Å²) in [5, 5.41) is 9.59. The van der Waals surface area contributed by atoms with Crippen LogP contribution in [0.2, 0.25) is 0 Å². The van der Waals surface area contributed by atoms with Crippen LogP contribution in [0.4, 0.5) is 5.13 Å². The van der Waals surface area contributed by atoms with E-state index in [1.807, 2.05) is 0 Å². The molecule has 0 bridgehead atoms. The number of benzene rings is 1. The minimum Gasteiger partial charge on any atom is -0.301 e. The SMILES string of the molecule is CC(=O)Nc1nnc(S(=O)(=O)N[C@H](C)c2ccc(S(C)(=O)=O)cc2)s1. The predicted octanol–water partition coefficient (Wildman–Crippen LogP) is 0.939. The van der Waals surface area contributed by atoms with Gasteiger partial charge in [0.15, 0.2) is 9.84 Å². The Labute approximate surface area is 149 Å². The van der Waals surface area contributed by atoms with Gasteiger partial charge in [-0.25, -0.2) is 21.6 Å². The molecule has 1 aromatic carbocycles. The average molecular weight is 404 g/mol. The summed E-state index contributed by atoms with van der Waals surface area (Å²) in [5.41, 5.74) is 0.586. The number of carbonyl (C=O) groups is 1. The van der Waals surface area contributed by atoms with Crippen molar-refractivity contribution in [1.29, 1.82) is 0 Å². The van der Waals surface area contributed by atoms with E-state index in [1.54, 1.807) is 6.92 Å². The molecule has 0 radical (unpaired) electrons. The fourth-order valence-electron chi connectivity index (χ4n) is 1.87. The average Bonchev–Trinajstić information content (AvgIpc) is 2.94. The lowest BCUT2D eigenvalue weighted by Crippen LogP contribution is -2.26. The zero-order valence-electron chi connectivity index (χ0n) is 13.5. The second-order valence-corrected chi connectivity index (χ2v) is 10.1. The van der Waals surface area contributed by atoms with Crippen molar-refractivity contribution in [2.24, 2.45) is 0 Å². The molecule has 2 N–H and O–H groups in total. The first-order valence-corrected chi connectivity index (χ1v) is 11.1. The zero-order chi connectivity index (χ0) is 18.8. The molecule has 0 saturated heterocycles. The predicted molar refractivity (Wildman–Crippen MR) is 92.5 cm³/mol. The summed E-state index contributed by atoms with van der Waals surface area (Å²) in [6, 6.07) is 5.27. The Kier molecular flexibility index (Phi) is 5.56. The van der Waals surface area contributed by atoms with Crippen LogP contribution in [0.1, 0.15) is 25.5 Å². The zero-order valence-corrected chi connectivity index (χ0v) is 16.0. The maximum Gasteiger partial charge on any atom is 0.270 e. The molecule has 9 nitrogen and oxygen atoms in total. The lowest BCUT2D eigenvalue weighted by molar-refractivity contribution is -0.114. The highest BCUT2D eigenvalue weighted by atomic mass is 32.2. The highest BCUT2D eigenvalue weighted by molar-refractivity contribution is 7.91. The fraction of sp³-hybridized carbons (Fsp3) is 0.308. The Hall–Kier alpha value is -1.89. The first kappa shape index (κ1) is 19.4. The summed E-state index contributed by atoms with van der Waals surface area (Å²) >= 11 is 0.727. The Morgan fingerprint density at radius 1 is 1.12 bits per heavy atom. The monoisotopic (exact) mass is 404 g/mol. The second kappa shape index (κ2) is 7.15. The molecule has 136 valence electrons. The number of rotatable bonds is 6. The molecule has 25 heavy (non-hydrogen) atoms. The first-order chi connectivity index (χ1) is 11.5. The van der Waals surface area contributed by atoms with Crippen LogP contribution in [0.5, 0.6) is 0 Å². The van der Waals surface area contributed by atoms with E-state index in [1.165, 1.54) is 31.2 Å². The van der Waals surface area contributed by atoms with Gasteiger partial charge in [-0.1, -0.05) is 23.5 Å². The van der Waals surface area contributed by atoms with E-state index in [2.05, 4.69) is 20.2 Å². The van der Waals surface area contributed by atoms with Crippen molar-refractivity contribution in [3.05, 3.63) is 29.8 Å². The minimum absolute atomic E-state index is 0.0815. The standard InChI is InChI=1S/C13H16N4O5S3/c1-8(10-4-6-11(7-5-10)24(3,19)20)17-25(21,22)13-16-15-12(23-13)14-9(2)18/h4-8,17H,1-3H3,(H,14,15,18)/t8-/m1/s1. The third-order valence-electron chi connectivity index (χ3n) is 3.06. The maximum atomic E-state index is 12.3. The Balaban J connectivity index is 2.17. The summed E-state index contributed by atoms with van der Waals surface area (Å²) in [6.45, 7) is 2.89. The molecule has 2 aromatic rings. The van der Waals surface area contributed by atoms with Crippen molar-refractivity contribution >= 4 is 42.2 Å². The van der Waals surface area contributed by atoms with Gasteiger partial charge in [0.05, 0.1) is 4.90 Å². The van der Waals surface area contributed by atoms with Crippen LogP contribution < -0.4 is 10.0 Å². The lowest BCUT2D eigenvalue weighted by atomic mass is 10.1. The van der Waals surface area contributed by atoms with Gasteiger partial charge in [-0.15, -0.1) is 10.2 Å². The van der Waals surface area contributed by atoms with Crippen molar-refractivity contribution in [1.82, 2.24) is 14.9 Å². The van der Waals surface area contributed by atoms with Gasteiger partial charge in [0.25, 0.3) is 10.0 Å². The maximum absolute atomic E-state index is 12.3. The number of amides is 1. The number of carbonyl (C=O) groups excluding carboxylic acids is 1. The summed E-state index contributed by atoms with van der Waals surface area (Å²) in [5.74, 6) is -0.382. The number of hydrogen-bond donors (Lipinski definition) is 2. The van der Waals surface area contributed by atoms with Gasteiger partial charge >= 0.3 is 0 Å². The van der Waals surface area contributed by atoms with Crippen LogP contribution in [0.15, 0.2) is 33.5 Å². The molecular formula is C13H16N4O5S3. The molecule has 0 aliphatic carbocycles. The van der Waals surface area contributed by atoms with Gasteiger partial charge < -0.3 is 5.32 Å². The number of anilines is 1. The molecule has 12 heteroatoms. The normalized spacial score (nSPS) is 13.4. The quantitative estimate of drug-likeness (QED) is 0.684. The van der Waals surface area contributed by atoms with Gasteiger partial charge in [-0.2, -0.15) is 0 Å². The highest BCUT2D eigenvalue weighted by Crippen LogP contribution is 2.23. The molecule has 0 unspecified atom stereocenters. The van der Waals surface area contributed by atoms with Gasteiger partial charge in [0.2, 0.25) is 15.4 Å². The van der Waals surface area contributed by atoms with Crippen LogP contribution in [0.25, 0.3) is 0 Å². The fourth-order valence-corrected chi connectivity index (χ4v) is 4.70. The second-order valence-electron chi connectivity index (χ2n) is 5.24. The third-order valence-corrected chi connectivity index (χ3v) is 6.93. The van der Waals surface area contributed by atoms with E-state index < -0.39 is 25.9 Å². The number of nitrogens with zero attached hydrogens (tertiary/aromatic N) is 2. The topological polar surface area (TPSA) is 135 Å². The van der Waals surface area contributed by atoms with Gasteiger partial charge in [0.1, 0.15) is 0 Å². The van der Waals surface area contributed by atoms with E-state index in [9.17, 15) is 21.6 Å². The van der Waals surface area contributed by atoms with Crippen LogP contribution in [0.3, 0.4) is 0 Å². The number of hydrogen-bond acceptors (Lipinski definition) is 8. The molecule has 1 heterocycles. The van der Waals surface area contributed by atoms with Crippen molar-refractivity contribution in [3.63, 3.8) is 0 Å². The van der Waals surface area contributed by atoms with Crippen LogP contribution in [-0.4, -0.2) is 39.2 Å². The van der Waals surface area contributed by atoms with Crippen molar-refractivity contribution < 1.29 is 21.6 Å². The number of sulfone groups is 1. The molecule has 2 rings (SSSR count). The van der Waals surface area contributed by atoms with Crippen LogP contribution in [-0.2, 0) is 24.7 Å². The van der Waals surface area contributed by atoms with E-state index >= 15 is 0 Å². The van der Waals surface area contributed by atoms with E-state index in [-0.39, 0.29) is 20.3 Å². The molecule has 0 fully saturated rings. The molecule has 0 spiro atoms. The Morgan fingerprint density at radius 2 is 1.72 bits per heavy atom. The highest BCUT2D eigenvalue weighted by Gasteiger charge is 2.23. The van der Waals surface area contributed by atoms with Gasteiger partial charge in [0, 0.05) is 19.2 Å². The van der Waals surface area contributed by atoms with E-state index in [0.29, 0.717) is 5.56 Å². The van der Waals surface area contributed by atoms with Crippen molar-refractivity contribution in [2.75, 3.05) is 11.6 Å². The largest absolute Gasteiger partial charge is 0.301 e. The molecule has 1 amide bonds. The molecule has 0 aliphatic rings. The Bertz CT molecular complexity index is 981. The summed E-state index contributed by atoms with van der Waals surface area (Å²) in [6.07, 6.45) is 1.09. The molecule has 1 aromatic heterocycles. The summed E-state index contributed by atoms with van der Waals surface area (Å²) in [4.78, 5) is 11.1. The summed E-state index contributed by atoms with van der Waals surface area (Å²) in [7, 11) is -7.26. The number of aromatic nitrogens is 2. The molecule has 0 aliphatic heterocycles. The smallest absolute Gasteiger partial charge is 0.270 e. The van der Waals surface area contributed by atoms with Crippen LogP contribution in [0, 0.1) is 0 Å². The third kappa shape index (κ3) is 5.04. The molecule has 1 atom stereocenters. The molecule has 0 saturated carbocycles. The minimum atomic E-state index is -3.94. The lowest BCUT2D eigenvalue weighted by Gasteiger charge is -2.13. The molecular weight excluding hydrogens is 388 g/mol. The number of sulfonamides is 1. The van der Waals surface area contributed by atoms with E-state index in [4.69, 9.17) is 0 Å². The van der Waals surface area contributed by atoms with Gasteiger partial charge in [-0.05, 0) is 24.6 Å². The van der Waals surface area contributed by atoms with Crippen LogP contribution >= 0.6 is 11.3 Å². The van der Waals surface area contributed by atoms with E-state index in [0.717, 1.165) is 17.6 Å². The van der Waals surface area contributed by atoms with Gasteiger partial charge in [-0.3, -0.25) is 4.79 Å². The Morgan fingerprint density at radius 3 is 2.24 bits per heavy atom.